The Morgan fingerprint density at radius 3 is 2.74 bits per heavy atom. The van der Waals surface area contributed by atoms with Gasteiger partial charge in [-0.2, -0.15) is 4.98 Å². The van der Waals surface area contributed by atoms with E-state index in [4.69, 9.17) is 23.2 Å². The maximum absolute atomic E-state index is 6.25. The molecule has 1 heterocycles. The molecule has 2 N–H and O–H groups in total. The number of anilines is 3. The average Bonchev–Trinajstić information content (AvgIpc) is 3.36. The maximum Gasteiger partial charge on any atom is 0.225 e. The van der Waals surface area contributed by atoms with Gasteiger partial charge in [-0.25, -0.2) is 4.98 Å². The van der Waals surface area contributed by atoms with Crippen molar-refractivity contribution in [3.8, 4) is 0 Å². The third kappa shape index (κ3) is 4.06. The first-order valence-electron chi connectivity index (χ1n) is 7.93. The van der Waals surface area contributed by atoms with Gasteiger partial charge < -0.3 is 10.6 Å². The Labute approximate surface area is 146 Å². The van der Waals surface area contributed by atoms with Crippen LogP contribution in [0, 0.1) is 0 Å². The summed E-state index contributed by atoms with van der Waals surface area (Å²) in [6, 6.07) is 7.83. The van der Waals surface area contributed by atoms with Crippen LogP contribution in [0.25, 0.3) is 0 Å². The summed E-state index contributed by atoms with van der Waals surface area (Å²) in [7, 11) is 0. The summed E-state index contributed by atoms with van der Waals surface area (Å²) in [6.07, 6.45) is 3.40. The molecule has 0 spiro atoms. The molecule has 1 fully saturated rings. The van der Waals surface area contributed by atoms with Crippen molar-refractivity contribution in [2.45, 2.75) is 45.1 Å². The zero-order valence-electron chi connectivity index (χ0n) is 13.2. The van der Waals surface area contributed by atoms with Gasteiger partial charge in [0.2, 0.25) is 5.95 Å². The SMILES string of the molecule is CC[C@@H](C)Nc1nc(Nc2cccc(Cl)c2Cl)cc(C2CC2)n1. The zero-order chi connectivity index (χ0) is 16.4. The van der Waals surface area contributed by atoms with Gasteiger partial charge in [0.25, 0.3) is 0 Å². The highest BCUT2D eigenvalue weighted by Crippen LogP contribution is 2.40. The minimum absolute atomic E-state index is 0.326. The average molecular weight is 351 g/mol. The fourth-order valence-electron chi connectivity index (χ4n) is 2.24. The number of nitrogens with one attached hydrogen (secondary N) is 2. The molecule has 1 aliphatic carbocycles. The van der Waals surface area contributed by atoms with E-state index in [1.807, 2.05) is 18.2 Å². The summed E-state index contributed by atoms with van der Waals surface area (Å²) in [4.78, 5) is 9.21. The first-order chi connectivity index (χ1) is 11.1. The Morgan fingerprint density at radius 1 is 1.26 bits per heavy atom. The standard InChI is InChI=1S/C17H20Cl2N4/c1-3-10(2)20-17-22-14(11-7-8-11)9-15(23-17)21-13-6-4-5-12(18)16(13)19/h4-6,9-11H,3,7-8H2,1-2H3,(H2,20,21,22,23)/t10-/m1/s1. The summed E-state index contributed by atoms with van der Waals surface area (Å²) in [5.74, 6) is 1.94. The number of hydrogen-bond donors (Lipinski definition) is 2. The second-order valence-corrected chi connectivity index (χ2v) is 6.74. The molecule has 0 aliphatic heterocycles. The monoisotopic (exact) mass is 350 g/mol. The fraction of sp³-hybridized carbons (Fsp3) is 0.412. The molecule has 0 amide bonds. The van der Waals surface area contributed by atoms with Gasteiger partial charge in [0.15, 0.2) is 0 Å². The minimum atomic E-state index is 0.326. The third-order valence-corrected chi connectivity index (χ3v) is 4.76. The van der Waals surface area contributed by atoms with Gasteiger partial charge >= 0.3 is 0 Å². The normalized spacial score (nSPS) is 15.3. The first kappa shape index (κ1) is 16.3. The molecule has 0 radical (unpaired) electrons. The Balaban J connectivity index is 1.89. The molecule has 1 atom stereocenters. The molecule has 0 saturated heterocycles. The summed E-state index contributed by atoms with van der Waals surface area (Å²) in [6.45, 7) is 4.25. The lowest BCUT2D eigenvalue weighted by molar-refractivity contribution is 0.750. The van der Waals surface area contributed by atoms with Crippen LogP contribution in [0.1, 0.15) is 44.7 Å². The van der Waals surface area contributed by atoms with Crippen molar-refractivity contribution in [1.82, 2.24) is 9.97 Å². The first-order valence-corrected chi connectivity index (χ1v) is 8.69. The van der Waals surface area contributed by atoms with E-state index in [1.165, 1.54) is 12.8 Å². The van der Waals surface area contributed by atoms with Crippen LogP contribution in [0.3, 0.4) is 0 Å². The van der Waals surface area contributed by atoms with E-state index < -0.39 is 0 Å². The molecule has 1 aliphatic rings. The Bertz CT molecular complexity index is 701. The van der Waals surface area contributed by atoms with Crippen molar-refractivity contribution in [2.75, 3.05) is 10.6 Å². The van der Waals surface area contributed by atoms with E-state index in [0.29, 0.717) is 28.0 Å². The molecule has 1 saturated carbocycles. The summed E-state index contributed by atoms with van der Waals surface area (Å²) < 4.78 is 0. The van der Waals surface area contributed by atoms with Crippen LogP contribution >= 0.6 is 23.2 Å². The van der Waals surface area contributed by atoms with E-state index in [9.17, 15) is 0 Å². The number of aromatic nitrogens is 2. The largest absolute Gasteiger partial charge is 0.352 e. The van der Waals surface area contributed by atoms with Gasteiger partial charge in [-0.1, -0.05) is 36.2 Å². The van der Waals surface area contributed by atoms with Crippen molar-refractivity contribution in [3.63, 3.8) is 0 Å². The molecular weight excluding hydrogens is 331 g/mol. The highest BCUT2D eigenvalue weighted by atomic mass is 35.5. The highest BCUT2D eigenvalue weighted by Gasteiger charge is 2.26. The maximum atomic E-state index is 6.25. The van der Waals surface area contributed by atoms with Crippen molar-refractivity contribution >= 4 is 40.7 Å². The summed E-state index contributed by atoms with van der Waals surface area (Å²) >= 11 is 12.3. The Kier molecular flexibility index (Phi) is 4.93. The van der Waals surface area contributed by atoms with Gasteiger partial charge in [0.05, 0.1) is 21.4 Å². The molecule has 1 aromatic heterocycles. The number of benzene rings is 1. The van der Waals surface area contributed by atoms with Crippen LogP contribution in [0.4, 0.5) is 17.5 Å². The predicted molar refractivity (Wildman–Crippen MR) is 97.1 cm³/mol. The van der Waals surface area contributed by atoms with E-state index in [-0.39, 0.29) is 0 Å². The van der Waals surface area contributed by atoms with E-state index >= 15 is 0 Å². The lowest BCUT2D eigenvalue weighted by Crippen LogP contribution is -2.16. The topological polar surface area (TPSA) is 49.8 Å². The van der Waals surface area contributed by atoms with E-state index in [1.54, 1.807) is 6.07 Å². The minimum Gasteiger partial charge on any atom is -0.352 e. The molecule has 4 nitrogen and oxygen atoms in total. The van der Waals surface area contributed by atoms with Gasteiger partial charge in [-0.3, -0.25) is 0 Å². The Morgan fingerprint density at radius 2 is 2.04 bits per heavy atom. The second-order valence-electron chi connectivity index (χ2n) is 5.96. The number of nitrogens with zero attached hydrogens (tertiary/aromatic N) is 2. The molecule has 23 heavy (non-hydrogen) atoms. The van der Waals surface area contributed by atoms with Gasteiger partial charge in [-0.15, -0.1) is 0 Å². The zero-order valence-corrected chi connectivity index (χ0v) is 14.7. The molecular formula is C17H20Cl2N4. The lowest BCUT2D eigenvalue weighted by atomic mass is 10.2. The molecule has 6 heteroatoms. The summed E-state index contributed by atoms with van der Waals surface area (Å²) in [5, 5.41) is 7.62. The van der Waals surface area contributed by atoms with Gasteiger partial charge in [0.1, 0.15) is 5.82 Å². The fourth-order valence-corrected chi connectivity index (χ4v) is 2.59. The molecule has 122 valence electrons. The van der Waals surface area contributed by atoms with E-state index in [0.717, 1.165) is 23.6 Å². The number of hydrogen-bond acceptors (Lipinski definition) is 4. The summed E-state index contributed by atoms with van der Waals surface area (Å²) in [5.41, 5.74) is 1.82. The van der Waals surface area contributed by atoms with Crippen molar-refractivity contribution in [2.24, 2.45) is 0 Å². The van der Waals surface area contributed by atoms with Crippen molar-refractivity contribution < 1.29 is 0 Å². The smallest absolute Gasteiger partial charge is 0.225 e. The van der Waals surface area contributed by atoms with Crippen LogP contribution in [0.2, 0.25) is 10.0 Å². The molecule has 3 rings (SSSR count). The van der Waals surface area contributed by atoms with Crippen LogP contribution in [-0.4, -0.2) is 16.0 Å². The van der Waals surface area contributed by atoms with Crippen molar-refractivity contribution in [3.05, 3.63) is 40.0 Å². The predicted octanol–water partition coefficient (Wildman–Crippen LogP) is 5.61. The van der Waals surface area contributed by atoms with Crippen LogP contribution in [0.15, 0.2) is 24.3 Å². The van der Waals surface area contributed by atoms with Crippen LogP contribution in [-0.2, 0) is 0 Å². The number of rotatable bonds is 6. The van der Waals surface area contributed by atoms with E-state index in [2.05, 4.69) is 34.4 Å². The number of halogens is 2. The lowest BCUT2D eigenvalue weighted by Gasteiger charge is -2.15. The van der Waals surface area contributed by atoms with Crippen LogP contribution in [0.5, 0.6) is 0 Å². The molecule has 0 unspecified atom stereocenters. The van der Waals surface area contributed by atoms with Gasteiger partial charge in [-0.05, 0) is 38.3 Å². The molecule has 2 aromatic rings. The highest BCUT2D eigenvalue weighted by molar-refractivity contribution is 6.43. The van der Waals surface area contributed by atoms with Gasteiger partial charge in [0, 0.05) is 18.0 Å². The third-order valence-electron chi connectivity index (χ3n) is 3.94. The second kappa shape index (κ2) is 6.93. The molecule has 0 bridgehead atoms. The van der Waals surface area contributed by atoms with Crippen LogP contribution < -0.4 is 10.6 Å². The Hall–Kier alpha value is -1.52. The molecule has 1 aromatic carbocycles. The van der Waals surface area contributed by atoms with Crippen molar-refractivity contribution in [1.29, 1.82) is 0 Å². The quantitative estimate of drug-likeness (QED) is 0.710.